The Labute approximate surface area is 128 Å². The molecule has 0 aliphatic heterocycles. The van der Waals surface area contributed by atoms with Crippen LogP contribution in [0.4, 0.5) is 0 Å². The van der Waals surface area contributed by atoms with Gasteiger partial charge in [-0.25, -0.2) is 0 Å². The molecule has 0 aliphatic rings. The van der Waals surface area contributed by atoms with Crippen molar-refractivity contribution < 1.29 is 14.6 Å². The van der Waals surface area contributed by atoms with E-state index in [2.05, 4.69) is 0 Å². The zero-order valence-corrected chi connectivity index (χ0v) is 12.2. The first kappa shape index (κ1) is 14.1. The molecular formula is C19H15O3-. The van der Waals surface area contributed by atoms with Crippen LogP contribution in [-0.4, -0.2) is 5.97 Å². The molecule has 0 saturated heterocycles. The molecule has 3 rings (SSSR count). The van der Waals surface area contributed by atoms with Gasteiger partial charge in [-0.15, -0.1) is 0 Å². The second-order valence-electron chi connectivity index (χ2n) is 5.22. The van der Waals surface area contributed by atoms with Gasteiger partial charge in [0.05, 0.1) is 5.97 Å². The quantitative estimate of drug-likeness (QED) is 0.742. The van der Waals surface area contributed by atoms with Gasteiger partial charge in [-0.05, 0) is 29.3 Å². The average Bonchev–Trinajstić information content (AvgIpc) is 2.53. The highest BCUT2D eigenvalue weighted by atomic mass is 16.5. The van der Waals surface area contributed by atoms with Crippen LogP contribution >= 0.6 is 0 Å². The highest BCUT2D eigenvalue weighted by Crippen LogP contribution is 2.28. The summed E-state index contributed by atoms with van der Waals surface area (Å²) in [6.45, 7) is 2.33. The number of hydrogen-bond donors (Lipinski definition) is 0. The highest BCUT2D eigenvalue weighted by molar-refractivity contribution is 6.05. The van der Waals surface area contributed by atoms with Crippen molar-refractivity contribution in [2.75, 3.05) is 0 Å². The second-order valence-corrected chi connectivity index (χ2v) is 5.22. The standard InChI is InChI=1S/C19H16O3/c1-13-6-8-14(9-7-13)12-22-17-11-10-15-4-2-3-5-16(15)18(17)19(20)21/h2-11H,12H2,1H3,(H,20,21)/p-1. The summed E-state index contributed by atoms with van der Waals surface area (Å²) >= 11 is 0. The van der Waals surface area contributed by atoms with Crippen LogP contribution in [0, 0.1) is 6.92 Å². The number of ether oxygens (including phenoxy) is 1. The van der Waals surface area contributed by atoms with Crippen LogP contribution < -0.4 is 9.84 Å². The van der Waals surface area contributed by atoms with Gasteiger partial charge in [0.15, 0.2) is 0 Å². The molecule has 0 N–H and O–H groups in total. The molecule has 0 aromatic heterocycles. The fraction of sp³-hybridized carbons (Fsp3) is 0.105. The lowest BCUT2D eigenvalue weighted by atomic mass is 10.0. The zero-order valence-electron chi connectivity index (χ0n) is 12.2. The van der Waals surface area contributed by atoms with Crippen molar-refractivity contribution in [3.05, 3.63) is 77.4 Å². The van der Waals surface area contributed by atoms with Crippen LogP contribution in [0.15, 0.2) is 60.7 Å². The maximum atomic E-state index is 11.5. The molecular weight excluding hydrogens is 276 g/mol. The molecule has 3 aromatic rings. The van der Waals surface area contributed by atoms with E-state index >= 15 is 0 Å². The lowest BCUT2D eigenvalue weighted by Crippen LogP contribution is -2.23. The van der Waals surface area contributed by atoms with Crippen LogP contribution in [0.5, 0.6) is 5.75 Å². The van der Waals surface area contributed by atoms with Gasteiger partial charge in [0.25, 0.3) is 0 Å². The number of carbonyl (C=O) groups is 1. The Morgan fingerprint density at radius 3 is 2.45 bits per heavy atom. The highest BCUT2D eigenvalue weighted by Gasteiger charge is 2.10. The smallest absolute Gasteiger partial charge is 0.129 e. The number of hydrogen-bond acceptors (Lipinski definition) is 3. The topological polar surface area (TPSA) is 49.4 Å². The second kappa shape index (κ2) is 5.90. The third kappa shape index (κ3) is 2.79. The summed E-state index contributed by atoms with van der Waals surface area (Å²) in [5, 5.41) is 13.0. The number of carbonyl (C=O) groups excluding carboxylic acids is 1. The lowest BCUT2D eigenvalue weighted by Gasteiger charge is -2.15. The molecule has 0 radical (unpaired) electrons. The van der Waals surface area contributed by atoms with Crippen molar-refractivity contribution in [2.45, 2.75) is 13.5 Å². The van der Waals surface area contributed by atoms with Crippen molar-refractivity contribution in [1.82, 2.24) is 0 Å². The van der Waals surface area contributed by atoms with E-state index in [0.717, 1.165) is 10.9 Å². The molecule has 0 saturated carbocycles. The third-order valence-electron chi connectivity index (χ3n) is 3.61. The third-order valence-corrected chi connectivity index (χ3v) is 3.61. The Hall–Kier alpha value is -2.81. The summed E-state index contributed by atoms with van der Waals surface area (Å²) < 4.78 is 5.71. The SMILES string of the molecule is Cc1ccc(COc2ccc3ccccc3c2C(=O)[O-])cc1. The zero-order chi connectivity index (χ0) is 15.5. The van der Waals surface area contributed by atoms with E-state index in [1.165, 1.54) is 5.56 Å². The van der Waals surface area contributed by atoms with Crippen molar-refractivity contribution in [3.63, 3.8) is 0 Å². The van der Waals surface area contributed by atoms with Crippen molar-refractivity contribution >= 4 is 16.7 Å². The maximum absolute atomic E-state index is 11.5. The van der Waals surface area contributed by atoms with Gasteiger partial charge >= 0.3 is 0 Å². The van der Waals surface area contributed by atoms with Crippen LogP contribution in [-0.2, 0) is 6.61 Å². The van der Waals surface area contributed by atoms with E-state index < -0.39 is 5.97 Å². The molecule has 0 bridgehead atoms. The number of aromatic carboxylic acids is 1. The van der Waals surface area contributed by atoms with E-state index in [0.29, 0.717) is 17.7 Å². The van der Waals surface area contributed by atoms with Gasteiger partial charge < -0.3 is 14.6 Å². The van der Waals surface area contributed by atoms with Gasteiger partial charge in [-0.2, -0.15) is 0 Å². The normalized spacial score (nSPS) is 10.6. The summed E-state index contributed by atoms with van der Waals surface area (Å²) in [6.07, 6.45) is 0. The van der Waals surface area contributed by atoms with E-state index in [1.807, 2.05) is 49.4 Å². The van der Waals surface area contributed by atoms with Crippen LogP contribution in [0.25, 0.3) is 10.8 Å². The Bertz CT molecular complexity index is 820. The van der Waals surface area contributed by atoms with Crippen LogP contribution in [0.1, 0.15) is 21.5 Å². The van der Waals surface area contributed by atoms with E-state index in [9.17, 15) is 9.90 Å². The van der Waals surface area contributed by atoms with Gasteiger partial charge in [0.2, 0.25) is 0 Å². The molecule has 0 atom stereocenters. The van der Waals surface area contributed by atoms with Crippen molar-refractivity contribution in [1.29, 1.82) is 0 Å². The lowest BCUT2D eigenvalue weighted by molar-refractivity contribution is -0.254. The molecule has 110 valence electrons. The Morgan fingerprint density at radius 1 is 1.00 bits per heavy atom. The predicted octanol–water partition coefficient (Wildman–Crippen LogP) is 3.09. The summed E-state index contributed by atoms with van der Waals surface area (Å²) in [4.78, 5) is 11.5. The molecule has 0 amide bonds. The Kier molecular flexibility index (Phi) is 3.79. The molecule has 0 aliphatic carbocycles. The van der Waals surface area contributed by atoms with Gasteiger partial charge in [0.1, 0.15) is 12.4 Å². The predicted molar refractivity (Wildman–Crippen MR) is 83.8 cm³/mol. The summed E-state index contributed by atoms with van der Waals surface area (Å²) in [7, 11) is 0. The summed E-state index contributed by atoms with van der Waals surface area (Å²) in [6, 6.07) is 18.8. The average molecular weight is 291 g/mol. The minimum absolute atomic E-state index is 0.102. The number of rotatable bonds is 4. The minimum atomic E-state index is -1.23. The number of benzene rings is 3. The molecule has 22 heavy (non-hydrogen) atoms. The van der Waals surface area contributed by atoms with Crippen molar-refractivity contribution in [2.24, 2.45) is 0 Å². The van der Waals surface area contributed by atoms with Crippen LogP contribution in [0.2, 0.25) is 0 Å². The Balaban J connectivity index is 1.94. The van der Waals surface area contributed by atoms with Gasteiger partial charge in [-0.1, -0.05) is 60.2 Å². The number of aryl methyl sites for hydroxylation is 1. The molecule has 3 nitrogen and oxygen atoms in total. The molecule has 3 heteroatoms. The molecule has 0 heterocycles. The largest absolute Gasteiger partial charge is 0.545 e. The van der Waals surface area contributed by atoms with E-state index in [4.69, 9.17) is 4.74 Å². The first-order valence-corrected chi connectivity index (χ1v) is 7.06. The molecule has 3 aromatic carbocycles. The number of carboxylic acid groups (broad SMARTS) is 1. The van der Waals surface area contributed by atoms with Gasteiger partial charge in [-0.3, -0.25) is 0 Å². The number of carboxylic acids is 1. The molecule has 0 fully saturated rings. The first-order valence-electron chi connectivity index (χ1n) is 7.06. The summed E-state index contributed by atoms with van der Waals surface area (Å²) in [5.74, 6) is -0.894. The fourth-order valence-electron chi connectivity index (χ4n) is 2.43. The minimum Gasteiger partial charge on any atom is -0.545 e. The first-order chi connectivity index (χ1) is 10.6. The van der Waals surface area contributed by atoms with Crippen molar-refractivity contribution in [3.8, 4) is 5.75 Å². The van der Waals surface area contributed by atoms with Gasteiger partial charge in [0, 0.05) is 5.56 Å². The van der Waals surface area contributed by atoms with E-state index in [1.54, 1.807) is 18.2 Å². The fourth-order valence-corrected chi connectivity index (χ4v) is 2.43. The van der Waals surface area contributed by atoms with Crippen LogP contribution in [0.3, 0.4) is 0 Å². The maximum Gasteiger partial charge on any atom is 0.129 e. The molecule has 0 unspecified atom stereocenters. The van der Waals surface area contributed by atoms with E-state index in [-0.39, 0.29) is 5.56 Å². The molecule has 0 spiro atoms. The number of fused-ring (bicyclic) bond motifs is 1. The summed E-state index contributed by atoms with van der Waals surface area (Å²) in [5.41, 5.74) is 2.26. The Morgan fingerprint density at radius 2 is 1.73 bits per heavy atom. The monoisotopic (exact) mass is 291 g/mol.